The molecule has 0 amide bonds. The van der Waals surface area contributed by atoms with Gasteiger partial charge >= 0.3 is 5.97 Å². The Labute approximate surface area is 113 Å². The molecule has 0 aromatic heterocycles. The van der Waals surface area contributed by atoms with Gasteiger partial charge in [-0.25, -0.2) is 4.79 Å². The Balaban J connectivity index is 0.00000144. The molecule has 0 bridgehead atoms. The summed E-state index contributed by atoms with van der Waals surface area (Å²) in [6.07, 6.45) is 0. The van der Waals surface area contributed by atoms with Crippen molar-refractivity contribution in [2.75, 3.05) is 17.2 Å². The van der Waals surface area contributed by atoms with Gasteiger partial charge in [-0.15, -0.1) is 17.0 Å². The molecular weight excluding hydrogens is 308 g/mol. The predicted octanol–water partition coefficient (Wildman–Crippen LogP) is 2.16. The number of thioether (sulfide) groups is 1. The Morgan fingerprint density at radius 1 is 1.47 bits per heavy atom. The Kier molecular flexibility index (Phi) is 4.41. The second-order valence-corrected chi connectivity index (χ2v) is 4.40. The van der Waals surface area contributed by atoms with Crippen molar-refractivity contribution in [1.29, 1.82) is 5.41 Å². The highest BCUT2D eigenvalue weighted by Crippen LogP contribution is 2.29. The molecule has 1 aromatic carbocycles. The van der Waals surface area contributed by atoms with E-state index < -0.39 is 5.97 Å². The fourth-order valence-corrected chi connectivity index (χ4v) is 2.35. The molecule has 0 radical (unpaired) electrons. The molecular formula is C10H11BrN2O3S. The number of rotatable bonds is 2. The highest BCUT2D eigenvalue weighted by atomic mass is 79.9. The van der Waals surface area contributed by atoms with Crippen LogP contribution in [-0.4, -0.2) is 33.6 Å². The SMILES string of the molecule is Br.N=C1SCCN1c1ccc(C(=O)O)c(O)c1. The molecule has 1 aromatic rings. The first-order chi connectivity index (χ1) is 7.59. The van der Waals surface area contributed by atoms with Gasteiger partial charge in [-0.05, 0) is 12.1 Å². The van der Waals surface area contributed by atoms with Gasteiger partial charge in [-0.1, -0.05) is 11.8 Å². The van der Waals surface area contributed by atoms with Crippen LogP contribution < -0.4 is 4.90 Å². The van der Waals surface area contributed by atoms with Crippen molar-refractivity contribution in [2.24, 2.45) is 0 Å². The number of anilines is 1. The van der Waals surface area contributed by atoms with Crippen molar-refractivity contribution in [3.05, 3.63) is 23.8 Å². The van der Waals surface area contributed by atoms with Gasteiger partial charge in [0.25, 0.3) is 0 Å². The van der Waals surface area contributed by atoms with Crippen LogP contribution in [0.2, 0.25) is 0 Å². The first kappa shape index (κ1) is 13.9. The Hall–Kier alpha value is -1.21. The predicted molar refractivity (Wildman–Crippen MR) is 72.9 cm³/mol. The number of carboxylic acid groups (broad SMARTS) is 1. The lowest BCUT2D eigenvalue weighted by Crippen LogP contribution is -2.22. The second-order valence-electron chi connectivity index (χ2n) is 3.31. The molecule has 3 N–H and O–H groups in total. The minimum atomic E-state index is -1.16. The van der Waals surface area contributed by atoms with Gasteiger partial charge in [-0.2, -0.15) is 0 Å². The van der Waals surface area contributed by atoms with E-state index in [4.69, 9.17) is 10.5 Å². The molecule has 1 aliphatic heterocycles. The third-order valence-corrected chi connectivity index (χ3v) is 3.20. The lowest BCUT2D eigenvalue weighted by molar-refractivity contribution is 0.0694. The molecule has 5 nitrogen and oxygen atoms in total. The number of phenols is 1. The van der Waals surface area contributed by atoms with Gasteiger partial charge in [0.1, 0.15) is 11.3 Å². The quantitative estimate of drug-likeness (QED) is 0.778. The van der Waals surface area contributed by atoms with Crippen LogP contribution in [0.3, 0.4) is 0 Å². The summed E-state index contributed by atoms with van der Waals surface area (Å²) in [5, 5.41) is 26.3. The van der Waals surface area contributed by atoms with E-state index in [1.165, 1.54) is 23.9 Å². The number of carboxylic acids is 1. The molecule has 7 heteroatoms. The van der Waals surface area contributed by atoms with E-state index in [0.29, 0.717) is 17.4 Å². The van der Waals surface area contributed by atoms with Crippen LogP contribution in [0, 0.1) is 5.41 Å². The van der Waals surface area contributed by atoms with Crippen LogP contribution in [0.1, 0.15) is 10.4 Å². The zero-order chi connectivity index (χ0) is 11.7. The number of hydrogen-bond acceptors (Lipinski definition) is 4. The van der Waals surface area contributed by atoms with E-state index in [9.17, 15) is 9.90 Å². The van der Waals surface area contributed by atoms with Crippen LogP contribution in [0.25, 0.3) is 0 Å². The molecule has 1 saturated heterocycles. The van der Waals surface area contributed by atoms with E-state index in [0.717, 1.165) is 5.75 Å². The van der Waals surface area contributed by atoms with Crippen molar-refractivity contribution >= 4 is 45.6 Å². The maximum atomic E-state index is 10.7. The van der Waals surface area contributed by atoms with Crippen molar-refractivity contribution in [3.8, 4) is 5.75 Å². The van der Waals surface area contributed by atoms with Gasteiger partial charge in [0.15, 0.2) is 5.17 Å². The average molecular weight is 319 g/mol. The number of carbonyl (C=O) groups is 1. The minimum Gasteiger partial charge on any atom is -0.507 e. The van der Waals surface area contributed by atoms with Crippen molar-refractivity contribution in [1.82, 2.24) is 0 Å². The van der Waals surface area contributed by atoms with Crippen molar-refractivity contribution in [3.63, 3.8) is 0 Å². The summed E-state index contributed by atoms with van der Waals surface area (Å²) in [6.45, 7) is 0.704. The molecule has 92 valence electrons. The molecule has 0 saturated carbocycles. The zero-order valence-corrected chi connectivity index (χ0v) is 11.2. The minimum absolute atomic E-state index is 0. The average Bonchev–Trinajstić information content (AvgIpc) is 2.63. The monoisotopic (exact) mass is 318 g/mol. The maximum Gasteiger partial charge on any atom is 0.339 e. The van der Waals surface area contributed by atoms with E-state index in [2.05, 4.69) is 0 Å². The molecule has 0 aliphatic carbocycles. The molecule has 0 spiro atoms. The molecule has 1 heterocycles. The third kappa shape index (κ3) is 2.73. The topological polar surface area (TPSA) is 84.6 Å². The number of aromatic hydroxyl groups is 1. The lowest BCUT2D eigenvalue weighted by Gasteiger charge is -2.17. The number of nitrogens with zero attached hydrogens (tertiary/aromatic N) is 1. The largest absolute Gasteiger partial charge is 0.507 e. The van der Waals surface area contributed by atoms with Crippen LogP contribution in [0.4, 0.5) is 5.69 Å². The lowest BCUT2D eigenvalue weighted by atomic mass is 10.1. The molecule has 1 fully saturated rings. The van der Waals surface area contributed by atoms with Crippen LogP contribution in [-0.2, 0) is 0 Å². The third-order valence-electron chi connectivity index (χ3n) is 2.32. The summed E-state index contributed by atoms with van der Waals surface area (Å²) >= 11 is 1.43. The number of aromatic carboxylic acids is 1. The highest BCUT2D eigenvalue weighted by molar-refractivity contribution is 8.93. The number of halogens is 1. The van der Waals surface area contributed by atoms with Gasteiger partial charge in [0, 0.05) is 24.1 Å². The highest BCUT2D eigenvalue weighted by Gasteiger charge is 2.20. The van der Waals surface area contributed by atoms with Crippen LogP contribution >= 0.6 is 28.7 Å². The van der Waals surface area contributed by atoms with Gasteiger partial charge in [0.05, 0.1) is 0 Å². The number of benzene rings is 1. The van der Waals surface area contributed by atoms with E-state index in [1.807, 2.05) is 0 Å². The summed E-state index contributed by atoms with van der Waals surface area (Å²) in [5.41, 5.74) is 0.527. The first-order valence-corrected chi connectivity index (χ1v) is 5.63. The van der Waals surface area contributed by atoms with E-state index in [-0.39, 0.29) is 28.3 Å². The van der Waals surface area contributed by atoms with Gasteiger partial charge in [0.2, 0.25) is 0 Å². The Morgan fingerprint density at radius 2 is 2.18 bits per heavy atom. The van der Waals surface area contributed by atoms with Crippen molar-refractivity contribution < 1.29 is 15.0 Å². The van der Waals surface area contributed by atoms with Crippen molar-refractivity contribution in [2.45, 2.75) is 0 Å². The second kappa shape index (κ2) is 5.42. The standard InChI is InChI=1S/C10H10N2O3S.BrH/c11-10-12(3-4-16-10)6-1-2-7(9(14)15)8(13)5-6;/h1-2,5,11,13H,3-4H2,(H,14,15);1H. The summed E-state index contributed by atoms with van der Waals surface area (Å²) in [4.78, 5) is 12.4. The molecule has 2 rings (SSSR count). The molecule has 0 unspecified atom stereocenters. The molecule has 17 heavy (non-hydrogen) atoms. The first-order valence-electron chi connectivity index (χ1n) is 4.65. The number of nitrogens with one attached hydrogen (secondary N) is 1. The summed E-state index contributed by atoms with van der Waals surface area (Å²) in [6, 6.07) is 4.33. The molecule has 0 atom stereocenters. The molecule has 1 aliphatic rings. The smallest absolute Gasteiger partial charge is 0.339 e. The summed E-state index contributed by atoms with van der Waals surface area (Å²) < 4.78 is 0. The fourth-order valence-electron chi connectivity index (χ4n) is 1.53. The van der Waals surface area contributed by atoms with Crippen LogP contribution in [0.15, 0.2) is 18.2 Å². The van der Waals surface area contributed by atoms with Crippen LogP contribution in [0.5, 0.6) is 5.75 Å². The van der Waals surface area contributed by atoms with E-state index >= 15 is 0 Å². The fraction of sp³-hybridized carbons (Fsp3) is 0.200. The number of amidine groups is 1. The zero-order valence-electron chi connectivity index (χ0n) is 8.71. The Bertz CT molecular complexity index is 467. The van der Waals surface area contributed by atoms with E-state index in [1.54, 1.807) is 11.0 Å². The normalized spacial score (nSPS) is 14.6. The van der Waals surface area contributed by atoms with Gasteiger partial charge in [-0.3, -0.25) is 5.41 Å². The summed E-state index contributed by atoms with van der Waals surface area (Å²) in [7, 11) is 0. The number of hydrogen-bond donors (Lipinski definition) is 3. The van der Waals surface area contributed by atoms with Gasteiger partial charge < -0.3 is 15.1 Å². The maximum absolute atomic E-state index is 10.7. The Morgan fingerprint density at radius 3 is 2.65 bits per heavy atom. The summed E-state index contributed by atoms with van der Waals surface area (Å²) in [5.74, 6) is -0.593.